The van der Waals surface area contributed by atoms with Gasteiger partial charge in [-0.2, -0.15) is 0 Å². The largest absolute Gasteiger partial charge is 0.353 e. The van der Waals surface area contributed by atoms with E-state index in [0.29, 0.717) is 32.7 Å². The highest BCUT2D eigenvalue weighted by molar-refractivity contribution is 7.99. The number of halogens is 1. The van der Waals surface area contributed by atoms with Gasteiger partial charge in [0, 0.05) is 11.1 Å². The van der Waals surface area contributed by atoms with Crippen molar-refractivity contribution in [3.05, 3.63) is 63.4 Å². The molecule has 0 aliphatic heterocycles. The average Bonchev–Trinajstić information content (AvgIpc) is 2.68. The summed E-state index contributed by atoms with van der Waals surface area (Å²) in [6.45, 7) is 8.00. The van der Waals surface area contributed by atoms with Crippen molar-refractivity contribution < 1.29 is 4.79 Å². The second kappa shape index (κ2) is 9.01. The minimum Gasteiger partial charge on any atom is -0.353 e. The number of carbonyl (C=O) groups excluding carboxylic acids is 1. The molecule has 5 nitrogen and oxygen atoms in total. The Balaban J connectivity index is 2.02. The van der Waals surface area contributed by atoms with Crippen molar-refractivity contribution in [1.29, 1.82) is 0 Å². The van der Waals surface area contributed by atoms with Gasteiger partial charge < -0.3 is 5.32 Å². The molecule has 152 valence electrons. The molecule has 0 unspecified atom stereocenters. The number of thioether (sulfide) groups is 1. The molecule has 7 heteroatoms. The van der Waals surface area contributed by atoms with Crippen LogP contribution in [0.15, 0.2) is 52.4 Å². The summed E-state index contributed by atoms with van der Waals surface area (Å²) in [5, 5.41) is 4.53. The lowest BCUT2D eigenvalue weighted by Crippen LogP contribution is -2.37. The number of aryl methyl sites for hydroxylation is 1. The number of rotatable bonds is 6. The lowest BCUT2D eigenvalue weighted by Gasteiger charge is -2.18. The molecule has 0 saturated carbocycles. The summed E-state index contributed by atoms with van der Waals surface area (Å²) in [6.07, 6.45) is 0. The number of aromatic nitrogens is 2. The summed E-state index contributed by atoms with van der Waals surface area (Å²) in [6, 6.07) is 12.7. The molecule has 3 rings (SSSR count). The van der Waals surface area contributed by atoms with Gasteiger partial charge in [0.15, 0.2) is 5.16 Å². The normalized spacial score (nSPS) is 12.3. The molecule has 0 saturated heterocycles. The van der Waals surface area contributed by atoms with Crippen molar-refractivity contribution >= 4 is 40.2 Å². The Morgan fingerprint density at radius 2 is 1.93 bits per heavy atom. The zero-order valence-corrected chi connectivity index (χ0v) is 18.5. The molecule has 3 aromatic rings. The predicted octanol–water partition coefficient (Wildman–Crippen LogP) is 4.60. The molecular formula is C22H24ClN3O2S. The Bertz CT molecular complexity index is 1110. The fraction of sp³-hybridized carbons (Fsp3) is 0.318. The van der Waals surface area contributed by atoms with E-state index < -0.39 is 0 Å². The van der Waals surface area contributed by atoms with Crippen LogP contribution in [0.4, 0.5) is 0 Å². The number of amides is 1. The Labute approximate surface area is 179 Å². The Kier molecular flexibility index (Phi) is 6.65. The monoisotopic (exact) mass is 429 g/mol. The topological polar surface area (TPSA) is 64.0 Å². The van der Waals surface area contributed by atoms with Crippen LogP contribution in [0.1, 0.15) is 26.3 Å². The zero-order valence-electron chi connectivity index (χ0n) is 16.9. The summed E-state index contributed by atoms with van der Waals surface area (Å²) in [4.78, 5) is 30.2. The van der Waals surface area contributed by atoms with Crippen LogP contribution in [0.2, 0.25) is 5.02 Å². The molecule has 1 heterocycles. The molecule has 1 N–H and O–H groups in total. The first-order valence-corrected chi connectivity index (χ1v) is 10.8. The molecule has 0 radical (unpaired) electrons. The highest BCUT2D eigenvalue weighted by Crippen LogP contribution is 2.24. The molecule has 1 aromatic heterocycles. The minimum absolute atomic E-state index is 0.0748. The molecule has 2 aromatic carbocycles. The second-order valence-electron chi connectivity index (χ2n) is 7.37. The lowest BCUT2D eigenvalue weighted by molar-refractivity contribution is -0.119. The highest BCUT2D eigenvalue weighted by atomic mass is 35.5. The maximum atomic E-state index is 13.2. The van der Waals surface area contributed by atoms with Crippen molar-refractivity contribution in [2.24, 2.45) is 5.92 Å². The maximum Gasteiger partial charge on any atom is 0.266 e. The molecule has 1 amide bonds. The lowest BCUT2D eigenvalue weighted by atomic mass is 10.1. The number of nitrogens with zero attached hydrogens (tertiary/aromatic N) is 2. The van der Waals surface area contributed by atoms with Crippen molar-refractivity contribution in [2.45, 2.75) is 38.9 Å². The summed E-state index contributed by atoms with van der Waals surface area (Å²) in [5.41, 5.74) is 1.97. The average molecular weight is 430 g/mol. The maximum absolute atomic E-state index is 13.2. The van der Waals surface area contributed by atoms with Crippen molar-refractivity contribution in [3.63, 3.8) is 0 Å². The molecule has 0 spiro atoms. The van der Waals surface area contributed by atoms with Crippen LogP contribution in [0.25, 0.3) is 16.6 Å². The van der Waals surface area contributed by atoms with E-state index in [-0.39, 0.29) is 23.3 Å². The van der Waals surface area contributed by atoms with Gasteiger partial charge in [-0.25, -0.2) is 4.98 Å². The van der Waals surface area contributed by atoms with Gasteiger partial charge in [0.2, 0.25) is 5.91 Å². The van der Waals surface area contributed by atoms with Gasteiger partial charge in [-0.15, -0.1) is 0 Å². The zero-order chi connectivity index (χ0) is 21.1. The summed E-state index contributed by atoms with van der Waals surface area (Å²) >= 11 is 7.53. The molecule has 0 bridgehead atoms. The summed E-state index contributed by atoms with van der Waals surface area (Å²) in [5.74, 6) is 0.421. The van der Waals surface area contributed by atoms with Gasteiger partial charge >= 0.3 is 0 Å². The van der Waals surface area contributed by atoms with Crippen LogP contribution in [0.5, 0.6) is 0 Å². The third-order valence-electron chi connectivity index (χ3n) is 4.88. The van der Waals surface area contributed by atoms with E-state index in [1.807, 2.05) is 38.1 Å². The minimum atomic E-state index is -0.186. The summed E-state index contributed by atoms with van der Waals surface area (Å²) < 4.78 is 1.53. The fourth-order valence-electron chi connectivity index (χ4n) is 2.75. The van der Waals surface area contributed by atoms with E-state index >= 15 is 0 Å². The fourth-order valence-corrected chi connectivity index (χ4v) is 3.75. The third-order valence-corrected chi connectivity index (χ3v) is 6.23. The summed E-state index contributed by atoms with van der Waals surface area (Å²) in [7, 11) is 0. The van der Waals surface area contributed by atoms with Crippen LogP contribution in [0, 0.1) is 12.8 Å². The van der Waals surface area contributed by atoms with E-state index in [1.54, 1.807) is 18.2 Å². The van der Waals surface area contributed by atoms with E-state index in [4.69, 9.17) is 11.6 Å². The van der Waals surface area contributed by atoms with Crippen LogP contribution in [-0.4, -0.2) is 27.3 Å². The third kappa shape index (κ3) is 4.82. The molecule has 0 aliphatic rings. The molecule has 1 atom stereocenters. The number of carbonyl (C=O) groups is 1. The van der Waals surface area contributed by atoms with Crippen molar-refractivity contribution in [3.8, 4) is 5.69 Å². The van der Waals surface area contributed by atoms with Gasteiger partial charge in [0.25, 0.3) is 5.56 Å². The standard InChI is InChI=1S/C22H24ClN3O2S/c1-13(2)15(4)24-20(27)12-29-22-25-19-8-6-5-7-17(19)21(28)26(22)16-10-9-14(3)18(23)11-16/h5-11,13,15H,12H2,1-4H3,(H,24,27)/t15-/m1/s1. The smallest absolute Gasteiger partial charge is 0.266 e. The number of benzene rings is 2. The van der Waals surface area contributed by atoms with Gasteiger partial charge in [-0.1, -0.05) is 55.4 Å². The Hall–Kier alpha value is -2.31. The quantitative estimate of drug-likeness (QED) is 0.459. The van der Waals surface area contributed by atoms with Gasteiger partial charge in [0.05, 0.1) is 22.3 Å². The van der Waals surface area contributed by atoms with Gasteiger partial charge in [0.1, 0.15) is 0 Å². The van der Waals surface area contributed by atoms with Crippen molar-refractivity contribution in [1.82, 2.24) is 14.9 Å². The molecule has 0 fully saturated rings. The first kappa shape index (κ1) is 21.4. The molecule has 0 aliphatic carbocycles. The Morgan fingerprint density at radius 3 is 2.62 bits per heavy atom. The van der Waals surface area contributed by atoms with E-state index in [9.17, 15) is 9.59 Å². The first-order chi connectivity index (χ1) is 13.8. The number of nitrogens with one attached hydrogen (secondary N) is 1. The number of fused-ring (bicyclic) bond motifs is 1. The number of para-hydroxylation sites is 1. The highest BCUT2D eigenvalue weighted by Gasteiger charge is 2.16. The predicted molar refractivity (Wildman–Crippen MR) is 120 cm³/mol. The van der Waals surface area contributed by atoms with Crippen LogP contribution >= 0.6 is 23.4 Å². The van der Waals surface area contributed by atoms with Gasteiger partial charge in [-0.3, -0.25) is 14.2 Å². The van der Waals surface area contributed by atoms with Gasteiger partial charge in [-0.05, 0) is 49.6 Å². The van der Waals surface area contributed by atoms with Crippen molar-refractivity contribution in [2.75, 3.05) is 5.75 Å². The number of hydrogen-bond acceptors (Lipinski definition) is 4. The second-order valence-corrected chi connectivity index (χ2v) is 8.72. The molecule has 29 heavy (non-hydrogen) atoms. The van der Waals surface area contributed by atoms with Crippen LogP contribution in [0.3, 0.4) is 0 Å². The number of hydrogen-bond donors (Lipinski definition) is 1. The van der Waals surface area contributed by atoms with Crippen LogP contribution < -0.4 is 10.9 Å². The van der Waals surface area contributed by atoms with E-state index in [2.05, 4.69) is 24.1 Å². The van der Waals surface area contributed by atoms with E-state index in [1.165, 1.54) is 16.3 Å². The molecular weight excluding hydrogens is 406 g/mol. The van der Waals surface area contributed by atoms with Crippen LogP contribution in [-0.2, 0) is 4.79 Å². The van der Waals surface area contributed by atoms with E-state index in [0.717, 1.165) is 5.56 Å². The Morgan fingerprint density at radius 1 is 1.21 bits per heavy atom. The first-order valence-electron chi connectivity index (χ1n) is 9.48. The SMILES string of the molecule is Cc1ccc(-n2c(SCC(=O)N[C@H](C)C(C)C)nc3ccccc3c2=O)cc1Cl.